The number of methoxy groups -OCH3 is 1. The number of benzene rings is 1. The minimum atomic E-state index is -1.64. The molecule has 1 aromatic rings. The Balaban J connectivity index is 2.73. The SMILES string of the molecule is COC(=O)CCC(O[Si](C)(C)C)c1ccccc1. The molecule has 0 spiro atoms. The minimum Gasteiger partial charge on any atom is -0.469 e. The molecule has 100 valence electrons. The van der Waals surface area contributed by atoms with Gasteiger partial charge in [-0.15, -0.1) is 0 Å². The van der Waals surface area contributed by atoms with Crippen molar-refractivity contribution >= 4 is 14.3 Å². The fraction of sp³-hybridized carbons (Fsp3) is 0.500. The summed E-state index contributed by atoms with van der Waals surface area (Å²) in [6, 6.07) is 10.1. The fourth-order valence-electron chi connectivity index (χ4n) is 1.74. The van der Waals surface area contributed by atoms with Gasteiger partial charge in [-0.05, 0) is 31.6 Å². The highest BCUT2D eigenvalue weighted by Gasteiger charge is 2.23. The summed E-state index contributed by atoms with van der Waals surface area (Å²) in [5.41, 5.74) is 1.13. The topological polar surface area (TPSA) is 35.5 Å². The molecule has 0 aromatic heterocycles. The summed E-state index contributed by atoms with van der Waals surface area (Å²) < 4.78 is 10.8. The zero-order chi connectivity index (χ0) is 13.6. The van der Waals surface area contributed by atoms with Crippen LogP contribution in [0.3, 0.4) is 0 Å². The van der Waals surface area contributed by atoms with Crippen molar-refractivity contribution in [1.29, 1.82) is 0 Å². The van der Waals surface area contributed by atoms with Gasteiger partial charge in [0.05, 0.1) is 13.2 Å². The van der Waals surface area contributed by atoms with Crippen molar-refractivity contribution in [3.63, 3.8) is 0 Å². The van der Waals surface area contributed by atoms with E-state index in [2.05, 4.69) is 24.4 Å². The maximum atomic E-state index is 11.2. The summed E-state index contributed by atoms with van der Waals surface area (Å²) in [4.78, 5) is 11.2. The lowest BCUT2D eigenvalue weighted by molar-refractivity contribution is -0.141. The van der Waals surface area contributed by atoms with E-state index in [9.17, 15) is 4.79 Å². The number of hydrogen-bond donors (Lipinski definition) is 0. The highest BCUT2D eigenvalue weighted by atomic mass is 28.4. The van der Waals surface area contributed by atoms with Crippen LogP contribution in [0.2, 0.25) is 19.6 Å². The maximum Gasteiger partial charge on any atom is 0.305 e. The van der Waals surface area contributed by atoms with Crippen LogP contribution >= 0.6 is 0 Å². The first-order valence-electron chi connectivity index (χ1n) is 6.22. The average molecular weight is 266 g/mol. The van der Waals surface area contributed by atoms with Gasteiger partial charge in [-0.2, -0.15) is 0 Å². The van der Waals surface area contributed by atoms with Crippen LogP contribution in [0.1, 0.15) is 24.5 Å². The summed E-state index contributed by atoms with van der Waals surface area (Å²) in [7, 11) is -0.222. The second-order valence-electron chi connectivity index (χ2n) is 5.24. The zero-order valence-corrected chi connectivity index (χ0v) is 12.6. The zero-order valence-electron chi connectivity index (χ0n) is 11.6. The lowest BCUT2D eigenvalue weighted by Gasteiger charge is -2.26. The Morgan fingerprint density at radius 2 is 1.83 bits per heavy atom. The van der Waals surface area contributed by atoms with Crippen LogP contribution in [0.4, 0.5) is 0 Å². The van der Waals surface area contributed by atoms with Gasteiger partial charge in [0.25, 0.3) is 0 Å². The number of hydrogen-bond acceptors (Lipinski definition) is 3. The predicted octanol–water partition coefficient (Wildman–Crippen LogP) is 3.53. The standard InChI is InChI=1S/C14H22O3Si/c1-16-14(15)11-10-13(17-18(2,3)4)12-8-6-5-7-9-12/h5-9,13H,10-11H2,1-4H3. The quantitative estimate of drug-likeness (QED) is 0.583. The highest BCUT2D eigenvalue weighted by molar-refractivity contribution is 6.69. The van der Waals surface area contributed by atoms with Crippen LogP contribution in [-0.4, -0.2) is 21.4 Å². The molecule has 0 saturated heterocycles. The van der Waals surface area contributed by atoms with Gasteiger partial charge >= 0.3 is 5.97 Å². The van der Waals surface area contributed by atoms with E-state index in [1.807, 2.05) is 30.3 Å². The maximum absolute atomic E-state index is 11.2. The second-order valence-corrected chi connectivity index (χ2v) is 9.70. The Morgan fingerprint density at radius 3 is 2.33 bits per heavy atom. The van der Waals surface area contributed by atoms with Gasteiger partial charge in [-0.3, -0.25) is 4.79 Å². The Bertz CT molecular complexity index is 370. The molecule has 0 heterocycles. The van der Waals surface area contributed by atoms with Gasteiger partial charge in [0.2, 0.25) is 0 Å². The molecule has 1 rings (SSSR count). The Morgan fingerprint density at radius 1 is 1.22 bits per heavy atom. The van der Waals surface area contributed by atoms with Crippen LogP contribution < -0.4 is 0 Å². The van der Waals surface area contributed by atoms with Crippen molar-refractivity contribution in [1.82, 2.24) is 0 Å². The lowest BCUT2D eigenvalue weighted by atomic mass is 10.1. The molecular weight excluding hydrogens is 244 g/mol. The highest BCUT2D eigenvalue weighted by Crippen LogP contribution is 2.26. The molecule has 4 heteroatoms. The molecule has 0 bridgehead atoms. The molecule has 0 radical (unpaired) electrons. The van der Waals surface area contributed by atoms with Gasteiger partial charge in [0.1, 0.15) is 0 Å². The van der Waals surface area contributed by atoms with E-state index in [-0.39, 0.29) is 12.1 Å². The summed E-state index contributed by atoms with van der Waals surface area (Å²) in [5.74, 6) is -0.185. The minimum absolute atomic E-state index is 0.0167. The molecule has 1 atom stereocenters. The molecule has 0 aliphatic rings. The van der Waals surface area contributed by atoms with Gasteiger partial charge in [-0.25, -0.2) is 0 Å². The molecular formula is C14H22O3Si. The third kappa shape index (κ3) is 5.47. The van der Waals surface area contributed by atoms with Crippen LogP contribution in [0.25, 0.3) is 0 Å². The van der Waals surface area contributed by atoms with E-state index >= 15 is 0 Å². The van der Waals surface area contributed by atoms with Crippen molar-refractivity contribution in [2.45, 2.75) is 38.6 Å². The van der Waals surface area contributed by atoms with E-state index in [0.29, 0.717) is 12.8 Å². The molecule has 0 amide bonds. The van der Waals surface area contributed by atoms with E-state index < -0.39 is 8.32 Å². The molecule has 18 heavy (non-hydrogen) atoms. The van der Waals surface area contributed by atoms with Crippen LogP contribution in [0.5, 0.6) is 0 Å². The normalized spacial score (nSPS) is 13.1. The van der Waals surface area contributed by atoms with Crippen molar-refractivity contribution in [2.75, 3.05) is 7.11 Å². The molecule has 0 N–H and O–H groups in total. The molecule has 1 aromatic carbocycles. The first kappa shape index (κ1) is 14.9. The second kappa shape index (κ2) is 6.71. The van der Waals surface area contributed by atoms with Crippen molar-refractivity contribution in [3.05, 3.63) is 35.9 Å². The molecule has 0 aliphatic carbocycles. The molecule has 0 fully saturated rings. The smallest absolute Gasteiger partial charge is 0.305 e. The molecule has 1 unspecified atom stereocenters. The number of ether oxygens (including phenoxy) is 1. The summed E-state index contributed by atoms with van der Waals surface area (Å²) >= 11 is 0. The predicted molar refractivity (Wildman–Crippen MR) is 74.9 cm³/mol. The van der Waals surface area contributed by atoms with Gasteiger partial charge < -0.3 is 9.16 Å². The summed E-state index contributed by atoms with van der Waals surface area (Å²) in [6.45, 7) is 6.46. The van der Waals surface area contributed by atoms with Gasteiger partial charge in [-0.1, -0.05) is 30.3 Å². The van der Waals surface area contributed by atoms with E-state index in [0.717, 1.165) is 5.56 Å². The van der Waals surface area contributed by atoms with Crippen LogP contribution in [0.15, 0.2) is 30.3 Å². The summed E-state index contributed by atoms with van der Waals surface area (Å²) in [6.07, 6.45) is 1.04. The van der Waals surface area contributed by atoms with Gasteiger partial charge in [0.15, 0.2) is 8.32 Å². The van der Waals surface area contributed by atoms with E-state index in [4.69, 9.17) is 4.43 Å². The fourth-order valence-corrected chi connectivity index (χ4v) is 2.85. The van der Waals surface area contributed by atoms with Crippen molar-refractivity contribution in [3.8, 4) is 0 Å². The number of rotatable bonds is 6. The average Bonchev–Trinajstić information content (AvgIpc) is 2.33. The Hall–Kier alpha value is -1.13. The van der Waals surface area contributed by atoms with Gasteiger partial charge in [0, 0.05) is 6.42 Å². The molecule has 3 nitrogen and oxygen atoms in total. The lowest BCUT2D eigenvalue weighted by Crippen LogP contribution is -2.28. The molecule has 0 aliphatic heterocycles. The molecule has 0 saturated carbocycles. The monoisotopic (exact) mass is 266 g/mol. The van der Waals surface area contributed by atoms with E-state index in [1.54, 1.807) is 0 Å². The Labute approximate surface area is 110 Å². The van der Waals surface area contributed by atoms with E-state index in [1.165, 1.54) is 7.11 Å². The Kier molecular flexibility index (Phi) is 5.56. The number of carbonyl (C=O) groups excluding carboxylic acids is 1. The van der Waals surface area contributed by atoms with Crippen molar-refractivity contribution in [2.24, 2.45) is 0 Å². The third-order valence-corrected chi connectivity index (χ3v) is 3.50. The number of esters is 1. The van der Waals surface area contributed by atoms with Crippen LogP contribution in [0, 0.1) is 0 Å². The third-order valence-electron chi connectivity index (χ3n) is 2.51. The largest absolute Gasteiger partial charge is 0.469 e. The van der Waals surface area contributed by atoms with Crippen molar-refractivity contribution < 1.29 is 14.0 Å². The first-order chi connectivity index (χ1) is 8.42. The number of carbonyl (C=O) groups is 1. The van der Waals surface area contributed by atoms with Crippen LogP contribution in [-0.2, 0) is 14.0 Å². The first-order valence-corrected chi connectivity index (χ1v) is 9.63. The summed E-state index contributed by atoms with van der Waals surface area (Å²) in [5, 5.41) is 0.